The number of rotatable bonds is 7. The normalized spacial score (nSPS) is 20.1. The van der Waals surface area contributed by atoms with Gasteiger partial charge in [-0.3, -0.25) is 4.79 Å². The smallest absolute Gasteiger partial charge is 0.353 e. The fraction of sp³-hybridized carbons (Fsp3) is 0.500. The van der Waals surface area contributed by atoms with Crippen molar-refractivity contribution in [3.05, 3.63) is 70.8 Å². The molecule has 2 aromatic carbocycles. The van der Waals surface area contributed by atoms with Crippen molar-refractivity contribution in [2.75, 3.05) is 6.54 Å². The summed E-state index contributed by atoms with van der Waals surface area (Å²) in [6, 6.07) is 10.7. The van der Waals surface area contributed by atoms with Gasteiger partial charge in [0.2, 0.25) is 6.41 Å². The molecule has 1 amide bonds. The van der Waals surface area contributed by atoms with Crippen molar-refractivity contribution in [2.24, 2.45) is 5.92 Å². The SMILES string of the molecule is CC(C)(C)N(C=O)C(OCc1cc(C(F)(F)F)cc(C(F)(F)F)c1)[C@H]1CCCN[C@@H]1c1ccccc1. The number of hydrogen-bond donors (Lipinski definition) is 1. The van der Waals surface area contributed by atoms with E-state index in [0.29, 0.717) is 25.0 Å². The Labute approximate surface area is 206 Å². The van der Waals surface area contributed by atoms with Gasteiger partial charge in [-0.2, -0.15) is 26.3 Å². The Morgan fingerprint density at radius 1 is 1.00 bits per heavy atom. The van der Waals surface area contributed by atoms with Crippen molar-refractivity contribution in [1.82, 2.24) is 10.2 Å². The van der Waals surface area contributed by atoms with Crippen LogP contribution in [0.3, 0.4) is 0 Å². The van der Waals surface area contributed by atoms with Crippen LogP contribution < -0.4 is 5.32 Å². The molecule has 0 aromatic heterocycles. The largest absolute Gasteiger partial charge is 0.416 e. The van der Waals surface area contributed by atoms with Crippen LogP contribution in [-0.4, -0.2) is 29.6 Å². The highest BCUT2D eigenvalue weighted by Crippen LogP contribution is 2.39. The molecule has 1 N–H and O–H groups in total. The first-order valence-electron chi connectivity index (χ1n) is 11.6. The third-order valence-corrected chi connectivity index (χ3v) is 6.26. The number of ether oxygens (including phenoxy) is 1. The summed E-state index contributed by atoms with van der Waals surface area (Å²) in [6.45, 7) is 5.56. The monoisotopic (exact) mass is 516 g/mol. The van der Waals surface area contributed by atoms with Crippen molar-refractivity contribution in [3.8, 4) is 0 Å². The molecule has 3 rings (SSSR count). The topological polar surface area (TPSA) is 41.6 Å². The van der Waals surface area contributed by atoms with E-state index in [1.54, 1.807) is 20.8 Å². The average Bonchev–Trinajstić information content (AvgIpc) is 2.80. The van der Waals surface area contributed by atoms with Crippen LogP contribution in [0.2, 0.25) is 0 Å². The Bertz CT molecular complexity index is 986. The molecule has 1 fully saturated rings. The molecule has 198 valence electrons. The molecule has 0 saturated carbocycles. The van der Waals surface area contributed by atoms with E-state index in [0.717, 1.165) is 18.5 Å². The average molecular weight is 517 g/mol. The van der Waals surface area contributed by atoms with E-state index in [1.165, 1.54) is 4.90 Å². The van der Waals surface area contributed by atoms with E-state index >= 15 is 0 Å². The highest BCUT2D eigenvalue weighted by atomic mass is 19.4. The molecular formula is C26H30F6N2O2. The third kappa shape index (κ3) is 6.79. The lowest BCUT2D eigenvalue weighted by Crippen LogP contribution is -2.55. The maximum atomic E-state index is 13.3. The molecule has 1 heterocycles. The lowest BCUT2D eigenvalue weighted by molar-refractivity contribution is -0.161. The van der Waals surface area contributed by atoms with Crippen LogP contribution in [0, 0.1) is 5.92 Å². The Hall–Kier alpha value is -2.59. The number of nitrogens with zero attached hydrogens (tertiary/aromatic N) is 1. The van der Waals surface area contributed by atoms with Gasteiger partial charge in [0.05, 0.1) is 17.7 Å². The van der Waals surface area contributed by atoms with Gasteiger partial charge in [-0.1, -0.05) is 30.3 Å². The number of alkyl halides is 6. The lowest BCUT2D eigenvalue weighted by Gasteiger charge is -2.46. The molecule has 36 heavy (non-hydrogen) atoms. The number of benzene rings is 2. The zero-order valence-electron chi connectivity index (χ0n) is 20.3. The van der Waals surface area contributed by atoms with Gasteiger partial charge in [0.1, 0.15) is 6.23 Å². The molecule has 1 unspecified atom stereocenters. The maximum absolute atomic E-state index is 13.3. The summed E-state index contributed by atoms with van der Waals surface area (Å²) in [5.41, 5.74) is -2.85. The molecule has 2 aromatic rings. The quantitative estimate of drug-likeness (QED) is 0.257. The van der Waals surface area contributed by atoms with Crippen molar-refractivity contribution >= 4 is 6.41 Å². The second-order valence-corrected chi connectivity index (χ2v) is 9.95. The summed E-state index contributed by atoms with van der Waals surface area (Å²) in [7, 11) is 0. The Balaban J connectivity index is 1.99. The van der Waals surface area contributed by atoms with E-state index in [9.17, 15) is 31.1 Å². The summed E-state index contributed by atoms with van der Waals surface area (Å²) in [6.07, 6.45) is -8.78. The van der Waals surface area contributed by atoms with Gasteiger partial charge in [-0.25, -0.2) is 0 Å². The number of hydrogen-bond acceptors (Lipinski definition) is 3. The van der Waals surface area contributed by atoms with Crippen molar-refractivity contribution in [2.45, 2.75) is 70.4 Å². The van der Waals surface area contributed by atoms with Gasteiger partial charge in [-0.05, 0) is 69.5 Å². The molecule has 1 saturated heterocycles. The minimum Gasteiger partial charge on any atom is -0.353 e. The summed E-state index contributed by atoms with van der Waals surface area (Å²) in [5, 5.41) is 3.43. The number of nitrogens with one attached hydrogen (secondary N) is 1. The predicted octanol–water partition coefficient (Wildman–Crippen LogP) is 6.56. The molecule has 1 aliphatic rings. The summed E-state index contributed by atoms with van der Waals surface area (Å²) in [4.78, 5) is 13.6. The first-order valence-corrected chi connectivity index (χ1v) is 11.6. The summed E-state index contributed by atoms with van der Waals surface area (Å²) >= 11 is 0. The number of amides is 1. The minimum atomic E-state index is -4.96. The van der Waals surface area contributed by atoms with Gasteiger partial charge in [-0.15, -0.1) is 0 Å². The zero-order chi connectivity index (χ0) is 26.7. The van der Waals surface area contributed by atoms with E-state index in [2.05, 4.69) is 5.32 Å². The molecule has 0 radical (unpaired) electrons. The van der Waals surface area contributed by atoms with Gasteiger partial charge < -0.3 is 15.0 Å². The third-order valence-electron chi connectivity index (χ3n) is 6.26. The summed E-state index contributed by atoms with van der Waals surface area (Å²) < 4.78 is 86.1. The number of carbonyl (C=O) groups is 1. The van der Waals surface area contributed by atoms with E-state index in [4.69, 9.17) is 4.74 Å². The second kappa shape index (κ2) is 10.8. The van der Waals surface area contributed by atoms with Gasteiger partial charge >= 0.3 is 12.4 Å². The zero-order valence-corrected chi connectivity index (χ0v) is 20.3. The standard InChI is InChI=1S/C26H30F6N2O2/c1-24(2,3)34(16-35)23(21-10-7-11-33-22(21)18-8-5-4-6-9-18)36-15-17-12-19(25(27,28)29)14-20(13-17)26(30,31)32/h4-6,8-9,12-14,16,21-23,33H,7,10-11,15H2,1-3H3/t21-,22+,23?/m0/s1. The first-order chi connectivity index (χ1) is 16.7. The van der Waals surface area contributed by atoms with Crippen LogP contribution in [-0.2, 0) is 28.5 Å². The predicted molar refractivity (Wildman–Crippen MR) is 123 cm³/mol. The van der Waals surface area contributed by atoms with Crippen LogP contribution in [0.25, 0.3) is 0 Å². The van der Waals surface area contributed by atoms with Gasteiger partial charge in [0.25, 0.3) is 0 Å². The fourth-order valence-corrected chi connectivity index (χ4v) is 4.54. The van der Waals surface area contributed by atoms with Crippen molar-refractivity contribution < 1.29 is 35.9 Å². The second-order valence-electron chi connectivity index (χ2n) is 9.95. The van der Waals surface area contributed by atoms with Crippen LogP contribution in [0.4, 0.5) is 26.3 Å². The molecule has 0 aliphatic carbocycles. The molecule has 1 aliphatic heterocycles. The van der Waals surface area contributed by atoms with Crippen molar-refractivity contribution in [1.29, 1.82) is 0 Å². The Kier molecular flexibility index (Phi) is 8.40. The number of piperidine rings is 1. The molecule has 4 nitrogen and oxygen atoms in total. The molecule has 0 bridgehead atoms. The Morgan fingerprint density at radius 2 is 1.58 bits per heavy atom. The van der Waals surface area contributed by atoms with E-state index in [-0.39, 0.29) is 23.6 Å². The molecule has 0 spiro atoms. The molecule has 10 heteroatoms. The summed E-state index contributed by atoms with van der Waals surface area (Å²) in [5.74, 6) is -0.293. The highest BCUT2D eigenvalue weighted by Gasteiger charge is 2.41. The minimum absolute atomic E-state index is 0.0877. The Morgan fingerprint density at radius 3 is 2.08 bits per heavy atom. The highest BCUT2D eigenvalue weighted by molar-refractivity contribution is 5.49. The fourth-order valence-electron chi connectivity index (χ4n) is 4.54. The number of halogens is 6. The van der Waals surface area contributed by atoms with Crippen LogP contribution in [0.15, 0.2) is 48.5 Å². The van der Waals surface area contributed by atoms with Crippen LogP contribution >= 0.6 is 0 Å². The van der Waals surface area contributed by atoms with Crippen LogP contribution in [0.5, 0.6) is 0 Å². The molecular weight excluding hydrogens is 486 g/mol. The van der Waals surface area contributed by atoms with E-state index < -0.39 is 41.9 Å². The maximum Gasteiger partial charge on any atom is 0.416 e. The van der Waals surface area contributed by atoms with Gasteiger partial charge in [0.15, 0.2) is 0 Å². The number of carbonyl (C=O) groups excluding carboxylic acids is 1. The van der Waals surface area contributed by atoms with Crippen LogP contribution in [0.1, 0.15) is 61.9 Å². The lowest BCUT2D eigenvalue weighted by atomic mass is 9.83. The molecule has 3 atom stereocenters. The first kappa shape index (κ1) is 28.0. The van der Waals surface area contributed by atoms with Crippen molar-refractivity contribution in [3.63, 3.8) is 0 Å². The van der Waals surface area contributed by atoms with E-state index in [1.807, 2.05) is 30.3 Å². The van der Waals surface area contributed by atoms with Gasteiger partial charge in [0, 0.05) is 17.5 Å².